The average Bonchev–Trinajstić information content (AvgIpc) is 2.24. The van der Waals surface area contributed by atoms with E-state index >= 15 is 0 Å². The van der Waals surface area contributed by atoms with Gasteiger partial charge in [-0.15, -0.1) is 0 Å². The highest BCUT2D eigenvalue weighted by Gasteiger charge is 2.31. The lowest BCUT2D eigenvalue weighted by molar-refractivity contribution is 0.0767. The van der Waals surface area contributed by atoms with Crippen LogP contribution in [0.3, 0.4) is 0 Å². The lowest BCUT2D eigenvalue weighted by atomic mass is 9.80. The molecule has 0 aromatic heterocycles. The first-order chi connectivity index (χ1) is 7.59. The number of nitrogens with one attached hydrogen (secondary N) is 1. The van der Waals surface area contributed by atoms with Crippen molar-refractivity contribution in [2.45, 2.75) is 40.0 Å². The lowest BCUT2D eigenvalue weighted by Crippen LogP contribution is -2.49. The molecule has 16 heavy (non-hydrogen) atoms. The van der Waals surface area contributed by atoms with Gasteiger partial charge in [0.15, 0.2) is 0 Å². The highest BCUT2D eigenvalue weighted by atomic mass is 15.1. The maximum Gasteiger partial charge on any atom is 0.00476 e. The van der Waals surface area contributed by atoms with Crippen molar-refractivity contribution in [3.63, 3.8) is 0 Å². The molecular weight excluding hydrogens is 196 g/mol. The maximum absolute atomic E-state index is 3.56. The molecule has 2 saturated heterocycles. The highest BCUT2D eigenvalue weighted by Crippen LogP contribution is 2.30. The van der Waals surface area contributed by atoms with Crippen LogP contribution in [0, 0.1) is 17.3 Å². The second-order valence-corrected chi connectivity index (χ2v) is 6.57. The lowest BCUT2D eigenvalue weighted by Gasteiger charge is -2.42. The summed E-state index contributed by atoms with van der Waals surface area (Å²) in [6.07, 6.45) is 4.15. The molecule has 0 amide bonds. The Labute approximate surface area is 101 Å². The molecule has 0 aromatic rings. The first kappa shape index (κ1) is 12.4. The van der Waals surface area contributed by atoms with E-state index in [-0.39, 0.29) is 0 Å². The van der Waals surface area contributed by atoms with Gasteiger partial charge in [-0.25, -0.2) is 0 Å². The van der Waals surface area contributed by atoms with E-state index in [0.29, 0.717) is 5.41 Å². The second-order valence-electron chi connectivity index (χ2n) is 6.57. The van der Waals surface area contributed by atoms with E-state index in [9.17, 15) is 0 Å². The van der Waals surface area contributed by atoms with Crippen LogP contribution in [0.4, 0.5) is 0 Å². The Morgan fingerprint density at radius 1 is 1.31 bits per heavy atom. The summed E-state index contributed by atoms with van der Waals surface area (Å²) in [5.74, 6) is 1.81. The van der Waals surface area contributed by atoms with Crippen molar-refractivity contribution in [1.82, 2.24) is 10.2 Å². The van der Waals surface area contributed by atoms with Crippen molar-refractivity contribution in [3.05, 3.63) is 0 Å². The van der Waals surface area contributed by atoms with Gasteiger partial charge in [0.2, 0.25) is 0 Å². The fraction of sp³-hybridized carbons (Fsp3) is 1.00. The van der Waals surface area contributed by atoms with Gasteiger partial charge in [-0.2, -0.15) is 0 Å². The Bertz CT molecular complexity index is 221. The zero-order valence-electron chi connectivity index (χ0n) is 11.3. The summed E-state index contributed by atoms with van der Waals surface area (Å²) < 4.78 is 0. The van der Waals surface area contributed by atoms with E-state index in [1.165, 1.54) is 52.0 Å². The van der Waals surface area contributed by atoms with Crippen molar-refractivity contribution in [2.75, 3.05) is 32.7 Å². The van der Waals surface area contributed by atoms with E-state index in [4.69, 9.17) is 0 Å². The van der Waals surface area contributed by atoms with Gasteiger partial charge in [-0.3, -0.25) is 0 Å². The van der Waals surface area contributed by atoms with E-state index in [1.807, 2.05) is 0 Å². The average molecular weight is 224 g/mol. The molecule has 2 fully saturated rings. The fourth-order valence-corrected chi connectivity index (χ4v) is 3.29. The topological polar surface area (TPSA) is 15.3 Å². The predicted molar refractivity (Wildman–Crippen MR) is 69.6 cm³/mol. The molecule has 0 aromatic carbocycles. The minimum absolute atomic E-state index is 0.526. The van der Waals surface area contributed by atoms with Crippen molar-refractivity contribution in [2.24, 2.45) is 17.3 Å². The highest BCUT2D eigenvalue weighted by molar-refractivity contribution is 4.86. The van der Waals surface area contributed by atoms with E-state index in [1.54, 1.807) is 0 Å². The fourth-order valence-electron chi connectivity index (χ4n) is 3.29. The minimum atomic E-state index is 0.526. The minimum Gasteiger partial charge on any atom is -0.316 e. The normalized spacial score (nSPS) is 42.2. The molecular formula is C14H28N2. The van der Waals surface area contributed by atoms with Crippen LogP contribution in [0.25, 0.3) is 0 Å². The monoisotopic (exact) mass is 224 g/mol. The number of hydrogen-bond acceptors (Lipinski definition) is 2. The van der Waals surface area contributed by atoms with E-state index in [2.05, 4.69) is 31.0 Å². The van der Waals surface area contributed by atoms with Crippen molar-refractivity contribution in [1.29, 1.82) is 0 Å². The first-order valence-electron chi connectivity index (χ1n) is 7.02. The van der Waals surface area contributed by atoms with Gasteiger partial charge in [-0.05, 0) is 49.6 Å². The quantitative estimate of drug-likeness (QED) is 0.774. The van der Waals surface area contributed by atoms with Crippen molar-refractivity contribution < 1.29 is 0 Å². The van der Waals surface area contributed by atoms with Crippen LogP contribution in [0.15, 0.2) is 0 Å². The number of rotatable bonds is 2. The zero-order valence-corrected chi connectivity index (χ0v) is 11.3. The van der Waals surface area contributed by atoms with Crippen LogP contribution in [0.1, 0.15) is 40.0 Å². The summed E-state index contributed by atoms with van der Waals surface area (Å²) in [6, 6.07) is 0. The van der Waals surface area contributed by atoms with Gasteiger partial charge >= 0.3 is 0 Å². The van der Waals surface area contributed by atoms with Gasteiger partial charge in [-0.1, -0.05) is 20.8 Å². The molecule has 94 valence electrons. The summed E-state index contributed by atoms with van der Waals surface area (Å²) in [5, 5.41) is 3.56. The van der Waals surface area contributed by atoms with Crippen LogP contribution in [0.2, 0.25) is 0 Å². The van der Waals surface area contributed by atoms with Crippen LogP contribution in [-0.2, 0) is 0 Å². The zero-order chi connectivity index (χ0) is 11.6. The van der Waals surface area contributed by atoms with E-state index in [0.717, 1.165) is 11.8 Å². The molecule has 2 rings (SSSR count). The molecule has 3 unspecified atom stereocenters. The largest absolute Gasteiger partial charge is 0.316 e. The van der Waals surface area contributed by atoms with Gasteiger partial charge in [0, 0.05) is 19.6 Å². The van der Waals surface area contributed by atoms with Crippen LogP contribution in [0.5, 0.6) is 0 Å². The Kier molecular flexibility index (Phi) is 3.91. The third-order valence-corrected chi connectivity index (χ3v) is 4.71. The molecule has 2 heterocycles. The molecule has 1 N–H and O–H groups in total. The number of hydrogen-bond donors (Lipinski definition) is 1. The summed E-state index contributed by atoms with van der Waals surface area (Å²) in [5.41, 5.74) is 0.526. The van der Waals surface area contributed by atoms with Crippen LogP contribution in [-0.4, -0.2) is 37.6 Å². The molecule has 3 atom stereocenters. The Morgan fingerprint density at radius 2 is 2.12 bits per heavy atom. The third-order valence-electron chi connectivity index (χ3n) is 4.71. The molecule has 2 aliphatic heterocycles. The van der Waals surface area contributed by atoms with Gasteiger partial charge in [0.1, 0.15) is 0 Å². The Balaban J connectivity index is 1.84. The number of piperidine rings is 2. The Hall–Kier alpha value is -0.0800. The van der Waals surface area contributed by atoms with Crippen molar-refractivity contribution in [3.8, 4) is 0 Å². The van der Waals surface area contributed by atoms with Gasteiger partial charge in [0.25, 0.3) is 0 Å². The molecule has 0 spiro atoms. The molecule has 0 saturated carbocycles. The molecule has 2 nitrogen and oxygen atoms in total. The number of nitrogens with zero attached hydrogens (tertiary/aromatic N) is 1. The van der Waals surface area contributed by atoms with Crippen LogP contribution >= 0.6 is 0 Å². The van der Waals surface area contributed by atoms with E-state index < -0.39 is 0 Å². The first-order valence-corrected chi connectivity index (χ1v) is 7.02. The Morgan fingerprint density at radius 3 is 2.75 bits per heavy atom. The molecule has 0 bridgehead atoms. The van der Waals surface area contributed by atoms with Crippen LogP contribution < -0.4 is 5.32 Å². The van der Waals surface area contributed by atoms with Crippen molar-refractivity contribution >= 4 is 0 Å². The molecule has 2 heteroatoms. The number of likely N-dealkylation sites (tertiary alicyclic amines) is 1. The smallest absolute Gasteiger partial charge is 0.00476 e. The summed E-state index contributed by atoms with van der Waals surface area (Å²) in [4.78, 5) is 2.71. The summed E-state index contributed by atoms with van der Waals surface area (Å²) in [6.45, 7) is 13.7. The SMILES string of the molecule is CC1CCN(CC2(C)CCCNC2)CC1C. The van der Waals surface area contributed by atoms with Gasteiger partial charge in [0.05, 0.1) is 0 Å². The molecule has 2 aliphatic rings. The van der Waals surface area contributed by atoms with Gasteiger partial charge < -0.3 is 10.2 Å². The third kappa shape index (κ3) is 2.98. The molecule has 0 radical (unpaired) electrons. The standard InChI is InChI=1S/C14H28N2/c1-12-5-8-16(9-13(12)2)11-14(3)6-4-7-15-10-14/h12-13,15H,4-11H2,1-3H3. The summed E-state index contributed by atoms with van der Waals surface area (Å²) >= 11 is 0. The molecule has 0 aliphatic carbocycles. The maximum atomic E-state index is 3.56. The second kappa shape index (κ2) is 5.05. The predicted octanol–water partition coefficient (Wildman–Crippen LogP) is 2.35. The summed E-state index contributed by atoms with van der Waals surface area (Å²) in [7, 11) is 0.